The number of amides is 1. The fourth-order valence-electron chi connectivity index (χ4n) is 1.43. The summed E-state index contributed by atoms with van der Waals surface area (Å²) in [6.45, 7) is 0.481. The van der Waals surface area contributed by atoms with Crippen LogP contribution in [0.4, 0.5) is 0 Å². The molecule has 0 bridgehead atoms. The Bertz CT molecular complexity index is 543. The van der Waals surface area contributed by atoms with E-state index in [9.17, 15) is 4.79 Å². The maximum absolute atomic E-state index is 11.9. The monoisotopic (exact) mass is 328 g/mol. The van der Waals surface area contributed by atoms with Crippen LogP contribution in [0.5, 0.6) is 0 Å². The minimum atomic E-state index is -0.250. The lowest BCUT2D eigenvalue weighted by Gasteiger charge is -2.05. The fourth-order valence-corrected chi connectivity index (χ4v) is 1.95. The molecule has 2 aromatic heterocycles. The molecule has 1 N–H and O–H groups in total. The molecule has 0 saturated carbocycles. The lowest BCUT2D eigenvalue weighted by atomic mass is 10.2. The normalized spacial score (nSPS) is 10.3. The minimum absolute atomic E-state index is 0.189. The van der Waals surface area contributed by atoms with Gasteiger partial charge in [-0.1, -0.05) is 11.6 Å². The summed E-state index contributed by atoms with van der Waals surface area (Å²) in [6.07, 6.45) is 3.78. The summed E-state index contributed by atoms with van der Waals surface area (Å²) in [5, 5.41) is 2.95. The zero-order valence-electron chi connectivity index (χ0n) is 9.32. The number of carbonyl (C=O) groups excluding carboxylic acids is 1. The van der Waals surface area contributed by atoms with Gasteiger partial charge in [0.15, 0.2) is 0 Å². The van der Waals surface area contributed by atoms with Gasteiger partial charge in [0.25, 0.3) is 5.91 Å². The summed E-state index contributed by atoms with van der Waals surface area (Å²) >= 11 is 9.11. The molecule has 1 amide bonds. The van der Waals surface area contributed by atoms with Crippen molar-refractivity contribution in [3.05, 3.63) is 51.6 Å². The Morgan fingerprint density at radius 1 is 1.56 bits per heavy atom. The fraction of sp³-hybridized carbons (Fsp3) is 0.167. The molecular formula is C12H10BrClN2O2. The van der Waals surface area contributed by atoms with Crippen LogP contribution < -0.4 is 5.32 Å². The number of halogens is 2. The summed E-state index contributed by atoms with van der Waals surface area (Å²) in [6, 6.07) is 5.31. The average Bonchev–Trinajstić information content (AvgIpc) is 2.85. The third-order valence-corrected chi connectivity index (χ3v) is 3.02. The van der Waals surface area contributed by atoms with Crippen LogP contribution in [0.25, 0.3) is 0 Å². The van der Waals surface area contributed by atoms with Gasteiger partial charge in [-0.3, -0.25) is 4.79 Å². The molecular weight excluding hydrogens is 320 g/mol. The smallest absolute Gasteiger partial charge is 0.254 e. The summed E-state index contributed by atoms with van der Waals surface area (Å²) in [5.41, 5.74) is 0.352. The molecule has 94 valence electrons. The molecule has 0 unspecified atom stereocenters. The molecule has 2 aromatic rings. The van der Waals surface area contributed by atoms with Crippen molar-refractivity contribution in [1.29, 1.82) is 0 Å². The van der Waals surface area contributed by atoms with E-state index < -0.39 is 0 Å². The second kappa shape index (κ2) is 6.02. The lowest BCUT2D eigenvalue weighted by Crippen LogP contribution is -2.26. The first kappa shape index (κ1) is 13.1. The van der Waals surface area contributed by atoms with Gasteiger partial charge >= 0.3 is 0 Å². The zero-order chi connectivity index (χ0) is 13.0. The van der Waals surface area contributed by atoms with Crippen LogP contribution in [0, 0.1) is 0 Å². The maximum atomic E-state index is 11.9. The van der Waals surface area contributed by atoms with E-state index in [-0.39, 0.29) is 11.1 Å². The second-order valence-electron chi connectivity index (χ2n) is 3.58. The maximum Gasteiger partial charge on any atom is 0.254 e. The van der Waals surface area contributed by atoms with Crippen molar-refractivity contribution in [2.45, 2.75) is 6.42 Å². The highest BCUT2D eigenvalue weighted by molar-refractivity contribution is 9.10. The summed E-state index contributed by atoms with van der Waals surface area (Å²) < 4.78 is 5.88. The number of aromatic nitrogens is 1. The van der Waals surface area contributed by atoms with Gasteiger partial charge in [0.2, 0.25) is 0 Å². The number of hydrogen-bond acceptors (Lipinski definition) is 3. The molecule has 0 saturated heterocycles. The Morgan fingerprint density at radius 3 is 3.11 bits per heavy atom. The van der Waals surface area contributed by atoms with E-state index in [0.717, 1.165) is 5.76 Å². The summed E-state index contributed by atoms with van der Waals surface area (Å²) in [4.78, 5) is 15.8. The van der Waals surface area contributed by atoms with Crippen LogP contribution >= 0.6 is 27.5 Å². The molecule has 2 heterocycles. The second-order valence-corrected chi connectivity index (χ2v) is 4.85. The quantitative estimate of drug-likeness (QED) is 0.877. The lowest BCUT2D eigenvalue weighted by molar-refractivity contribution is 0.0953. The van der Waals surface area contributed by atoms with Gasteiger partial charge in [-0.2, -0.15) is 0 Å². The molecule has 0 fully saturated rings. The summed E-state index contributed by atoms with van der Waals surface area (Å²) in [5.74, 6) is 0.578. The highest BCUT2D eigenvalue weighted by Crippen LogP contribution is 2.17. The molecule has 0 atom stereocenters. The van der Waals surface area contributed by atoms with E-state index in [1.54, 1.807) is 18.5 Å². The molecule has 6 heteroatoms. The number of pyridine rings is 1. The molecule has 2 rings (SSSR count). The van der Waals surface area contributed by atoms with E-state index in [4.69, 9.17) is 16.0 Å². The van der Waals surface area contributed by atoms with Crippen LogP contribution in [-0.2, 0) is 6.42 Å². The molecule has 0 aromatic carbocycles. The van der Waals surface area contributed by atoms with Crippen molar-refractivity contribution in [1.82, 2.24) is 10.3 Å². The molecule has 18 heavy (non-hydrogen) atoms. The Hall–Kier alpha value is -1.33. The van der Waals surface area contributed by atoms with E-state index in [1.807, 2.05) is 12.1 Å². The zero-order valence-corrected chi connectivity index (χ0v) is 11.7. The van der Waals surface area contributed by atoms with E-state index in [1.165, 1.54) is 0 Å². The highest BCUT2D eigenvalue weighted by Gasteiger charge is 2.11. The first-order valence-corrected chi connectivity index (χ1v) is 6.45. The van der Waals surface area contributed by atoms with Crippen LogP contribution in [0.1, 0.15) is 16.1 Å². The SMILES string of the molecule is O=C(NCCc1ccco1)c1cc(Br)cnc1Cl. The standard InChI is InChI=1S/C12H10BrClN2O2/c13-8-6-10(11(14)16-7-8)12(17)15-4-3-9-2-1-5-18-9/h1-2,5-7H,3-4H2,(H,15,17). The third kappa shape index (κ3) is 3.34. The molecule has 4 nitrogen and oxygen atoms in total. The first-order chi connectivity index (χ1) is 8.66. The largest absolute Gasteiger partial charge is 0.469 e. The molecule has 0 aliphatic carbocycles. The van der Waals surface area contributed by atoms with E-state index in [2.05, 4.69) is 26.2 Å². The number of hydrogen-bond donors (Lipinski definition) is 1. The van der Waals surface area contributed by atoms with Crippen molar-refractivity contribution in [3.63, 3.8) is 0 Å². The molecule has 0 spiro atoms. The van der Waals surface area contributed by atoms with Crippen molar-refractivity contribution in [2.75, 3.05) is 6.54 Å². The predicted octanol–water partition coefficient (Wildman–Crippen LogP) is 3.06. The number of nitrogens with one attached hydrogen (secondary N) is 1. The number of nitrogens with zero attached hydrogens (tertiary/aromatic N) is 1. The molecule has 0 radical (unpaired) electrons. The Kier molecular flexibility index (Phi) is 4.38. The highest BCUT2D eigenvalue weighted by atomic mass is 79.9. The third-order valence-electron chi connectivity index (χ3n) is 2.29. The Labute approximate surface area is 117 Å². The molecule has 0 aliphatic rings. The van der Waals surface area contributed by atoms with E-state index >= 15 is 0 Å². The number of furan rings is 1. The van der Waals surface area contributed by atoms with Gasteiger partial charge in [-0.15, -0.1) is 0 Å². The average molecular weight is 330 g/mol. The Balaban J connectivity index is 1.93. The predicted molar refractivity (Wildman–Crippen MR) is 71.7 cm³/mol. The Morgan fingerprint density at radius 2 is 2.39 bits per heavy atom. The van der Waals surface area contributed by atoms with Gasteiger partial charge in [0, 0.05) is 23.6 Å². The van der Waals surface area contributed by atoms with Crippen LogP contribution in [-0.4, -0.2) is 17.4 Å². The topological polar surface area (TPSA) is 55.1 Å². The van der Waals surface area contributed by atoms with Gasteiger partial charge in [-0.25, -0.2) is 4.98 Å². The van der Waals surface area contributed by atoms with Gasteiger partial charge in [0.1, 0.15) is 10.9 Å². The molecule has 0 aliphatic heterocycles. The van der Waals surface area contributed by atoms with Crippen LogP contribution in [0.2, 0.25) is 5.15 Å². The van der Waals surface area contributed by atoms with Gasteiger partial charge in [0.05, 0.1) is 11.8 Å². The number of carbonyl (C=O) groups is 1. The van der Waals surface area contributed by atoms with Gasteiger partial charge in [-0.05, 0) is 34.1 Å². The van der Waals surface area contributed by atoms with Crippen molar-refractivity contribution < 1.29 is 9.21 Å². The van der Waals surface area contributed by atoms with Crippen LogP contribution in [0.3, 0.4) is 0 Å². The first-order valence-electron chi connectivity index (χ1n) is 5.28. The number of rotatable bonds is 4. The van der Waals surface area contributed by atoms with Crippen molar-refractivity contribution >= 4 is 33.4 Å². The van der Waals surface area contributed by atoms with Crippen LogP contribution in [0.15, 0.2) is 39.5 Å². The minimum Gasteiger partial charge on any atom is -0.469 e. The van der Waals surface area contributed by atoms with Gasteiger partial charge < -0.3 is 9.73 Å². The summed E-state index contributed by atoms with van der Waals surface area (Å²) in [7, 11) is 0. The van der Waals surface area contributed by atoms with Crippen molar-refractivity contribution in [3.8, 4) is 0 Å². The van der Waals surface area contributed by atoms with Crippen molar-refractivity contribution in [2.24, 2.45) is 0 Å². The van der Waals surface area contributed by atoms with E-state index in [0.29, 0.717) is 23.0 Å².